The maximum Gasteiger partial charge on any atom is 0.125 e. The second kappa shape index (κ2) is 3.75. The van der Waals surface area contributed by atoms with Crippen LogP contribution >= 0.6 is 11.6 Å². The van der Waals surface area contributed by atoms with Crippen molar-refractivity contribution in [3.8, 4) is 11.4 Å². The van der Waals surface area contributed by atoms with Crippen molar-refractivity contribution in [3.05, 3.63) is 47.6 Å². The van der Waals surface area contributed by atoms with Crippen molar-refractivity contribution in [3.63, 3.8) is 0 Å². The molecule has 5 heteroatoms. The third-order valence-corrected chi connectivity index (χ3v) is 2.85. The smallest absolute Gasteiger partial charge is 0.125 e. The van der Waals surface area contributed by atoms with Crippen LogP contribution in [-0.4, -0.2) is 14.6 Å². The van der Waals surface area contributed by atoms with Crippen LogP contribution in [0.4, 0.5) is 5.82 Å². The average Bonchev–Trinajstić information content (AvgIpc) is 2.81. The fourth-order valence-corrected chi connectivity index (χ4v) is 1.90. The second-order valence-electron chi connectivity index (χ2n) is 3.65. The van der Waals surface area contributed by atoms with Crippen molar-refractivity contribution in [2.75, 3.05) is 5.73 Å². The summed E-state index contributed by atoms with van der Waals surface area (Å²) in [7, 11) is 0. The molecule has 0 aliphatic heterocycles. The first-order valence-corrected chi connectivity index (χ1v) is 5.48. The van der Waals surface area contributed by atoms with Gasteiger partial charge in [0.1, 0.15) is 11.5 Å². The molecule has 3 heterocycles. The SMILES string of the molecule is Nc1ccc(Cl)c2cc(-c3ccccn3)nn12. The fraction of sp³-hybridized carbons (Fsp3) is 0. The van der Waals surface area contributed by atoms with E-state index < -0.39 is 0 Å². The summed E-state index contributed by atoms with van der Waals surface area (Å²) >= 11 is 6.09. The lowest BCUT2D eigenvalue weighted by Crippen LogP contribution is -1.97. The second-order valence-corrected chi connectivity index (χ2v) is 4.05. The van der Waals surface area contributed by atoms with E-state index in [4.69, 9.17) is 17.3 Å². The number of anilines is 1. The van der Waals surface area contributed by atoms with E-state index in [1.807, 2.05) is 24.3 Å². The van der Waals surface area contributed by atoms with E-state index in [9.17, 15) is 0 Å². The molecule has 84 valence electrons. The molecule has 0 spiro atoms. The van der Waals surface area contributed by atoms with Crippen LogP contribution in [-0.2, 0) is 0 Å². The van der Waals surface area contributed by atoms with E-state index in [0.29, 0.717) is 10.8 Å². The Morgan fingerprint density at radius 3 is 2.71 bits per heavy atom. The van der Waals surface area contributed by atoms with Gasteiger partial charge in [-0.25, -0.2) is 4.52 Å². The van der Waals surface area contributed by atoms with Gasteiger partial charge in [0.15, 0.2) is 0 Å². The molecule has 2 N–H and O–H groups in total. The van der Waals surface area contributed by atoms with Crippen molar-refractivity contribution in [2.24, 2.45) is 0 Å². The van der Waals surface area contributed by atoms with Crippen LogP contribution in [0.5, 0.6) is 0 Å². The van der Waals surface area contributed by atoms with E-state index in [0.717, 1.165) is 16.9 Å². The van der Waals surface area contributed by atoms with Crippen LogP contribution in [0.1, 0.15) is 0 Å². The summed E-state index contributed by atoms with van der Waals surface area (Å²) in [6.07, 6.45) is 1.73. The molecule has 0 amide bonds. The number of fused-ring (bicyclic) bond motifs is 1. The minimum absolute atomic E-state index is 0.548. The van der Waals surface area contributed by atoms with Gasteiger partial charge in [0.25, 0.3) is 0 Å². The summed E-state index contributed by atoms with van der Waals surface area (Å²) in [6.45, 7) is 0. The molecule has 0 saturated carbocycles. The van der Waals surface area contributed by atoms with Crippen LogP contribution in [0.25, 0.3) is 16.9 Å². The zero-order valence-corrected chi connectivity index (χ0v) is 9.59. The van der Waals surface area contributed by atoms with Gasteiger partial charge in [0, 0.05) is 6.20 Å². The molecule has 0 aromatic carbocycles. The molecule has 0 atom stereocenters. The molecule has 0 saturated heterocycles. The summed E-state index contributed by atoms with van der Waals surface area (Å²) in [5, 5.41) is 5.01. The lowest BCUT2D eigenvalue weighted by atomic mass is 10.2. The van der Waals surface area contributed by atoms with Crippen molar-refractivity contribution in [1.29, 1.82) is 0 Å². The van der Waals surface area contributed by atoms with Crippen LogP contribution in [0.3, 0.4) is 0 Å². The highest BCUT2D eigenvalue weighted by atomic mass is 35.5. The fourth-order valence-electron chi connectivity index (χ4n) is 1.70. The Bertz CT molecular complexity index is 637. The topological polar surface area (TPSA) is 56.2 Å². The van der Waals surface area contributed by atoms with Gasteiger partial charge in [0.2, 0.25) is 0 Å². The molecule has 3 aromatic rings. The Hall–Kier alpha value is -2.07. The zero-order chi connectivity index (χ0) is 11.8. The van der Waals surface area contributed by atoms with Gasteiger partial charge in [-0.15, -0.1) is 0 Å². The van der Waals surface area contributed by atoms with Crippen LogP contribution < -0.4 is 5.73 Å². The molecule has 0 radical (unpaired) electrons. The molecular formula is C12H9ClN4. The highest BCUT2D eigenvalue weighted by molar-refractivity contribution is 6.33. The number of nitrogens with two attached hydrogens (primary N) is 1. The third-order valence-electron chi connectivity index (χ3n) is 2.53. The largest absolute Gasteiger partial charge is 0.384 e. The summed E-state index contributed by atoms with van der Waals surface area (Å²) in [6, 6.07) is 11.0. The van der Waals surface area contributed by atoms with Crippen molar-refractivity contribution < 1.29 is 0 Å². The number of nitrogens with zero attached hydrogens (tertiary/aromatic N) is 3. The summed E-state index contributed by atoms with van der Waals surface area (Å²) in [5.74, 6) is 0.548. The summed E-state index contributed by atoms with van der Waals surface area (Å²) < 4.78 is 1.62. The standard InChI is InChI=1S/C12H9ClN4/c13-8-4-5-12(14)17-11(8)7-10(16-17)9-3-1-2-6-15-9/h1-7H,14H2. The number of pyridine rings is 2. The number of hydrogen-bond acceptors (Lipinski definition) is 3. The monoisotopic (exact) mass is 244 g/mol. The molecule has 4 nitrogen and oxygen atoms in total. The number of hydrogen-bond donors (Lipinski definition) is 1. The van der Waals surface area contributed by atoms with Gasteiger partial charge < -0.3 is 5.73 Å². The third kappa shape index (κ3) is 1.62. The van der Waals surface area contributed by atoms with E-state index in [1.165, 1.54) is 0 Å². The minimum atomic E-state index is 0.548. The molecule has 3 aromatic heterocycles. The summed E-state index contributed by atoms with van der Waals surface area (Å²) in [4.78, 5) is 4.24. The van der Waals surface area contributed by atoms with Gasteiger partial charge in [-0.1, -0.05) is 17.7 Å². The van der Waals surface area contributed by atoms with Gasteiger partial charge in [0.05, 0.1) is 16.2 Å². The van der Waals surface area contributed by atoms with Crippen molar-refractivity contribution >= 4 is 22.9 Å². The predicted molar refractivity (Wildman–Crippen MR) is 67.8 cm³/mol. The highest BCUT2D eigenvalue weighted by Crippen LogP contribution is 2.24. The minimum Gasteiger partial charge on any atom is -0.384 e. The Morgan fingerprint density at radius 1 is 1.12 bits per heavy atom. The predicted octanol–water partition coefficient (Wildman–Crippen LogP) is 2.63. The lowest BCUT2D eigenvalue weighted by Gasteiger charge is -1.98. The molecule has 0 aliphatic rings. The van der Waals surface area contributed by atoms with Crippen LogP contribution in [0.15, 0.2) is 42.6 Å². The first-order valence-electron chi connectivity index (χ1n) is 5.11. The molecule has 3 rings (SSSR count). The Balaban J connectivity index is 2.27. The first-order chi connectivity index (χ1) is 8.25. The first kappa shape index (κ1) is 10.1. The van der Waals surface area contributed by atoms with E-state index in [1.54, 1.807) is 22.8 Å². The Kier molecular flexibility index (Phi) is 2.23. The van der Waals surface area contributed by atoms with Crippen LogP contribution in [0, 0.1) is 0 Å². The molecule has 0 aliphatic carbocycles. The maximum absolute atomic E-state index is 6.09. The zero-order valence-electron chi connectivity index (χ0n) is 8.84. The maximum atomic E-state index is 6.09. The molecule has 0 bridgehead atoms. The number of nitrogen functional groups attached to an aromatic ring is 1. The number of aromatic nitrogens is 3. The Labute approximate surface area is 103 Å². The normalized spacial score (nSPS) is 10.9. The molecule has 0 fully saturated rings. The quantitative estimate of drug-likeness (QED) is 0.716. The van der Waals surface area contributed by atoms with Crippen LogP contribution in [0.2, 0.25) is 5.02 Å². The molecule has 0 unspecified atom stereocenters. The van der Waals surface area contributed by atoms with Gasteiger partial charge in [-0.05, 0) is 30.3 Å². The number of rotatable bonds is 1. The van der Waals surface area contributed by atoms with E-state index in [-0.39, 0.29) is 0 Å². The van der Waals surface area contributed by atoms with E-state index >= 15 is 0 Å². The van der Waals surface area contributed by atoms with Gasteiger partial charge >= 0.3 is 0 Å². The lowest BCUT2D eigenvalue weighted by molar-refractivity contribution is 0.974. The summed E-state index contributed by atoms with van der Waals surface area (Å²) in [5.41, 5.74) is 8.18. The van der Waals surface area contributed by atoms with Gasteiger partial charge in [-0.3, -0.25) is 4.98 Å². The van der Waals surface area contributed by atoms with Gasteiger partial charge in [-0.2, -0.15) is 5.10 Å². The Morgan fingerprint density at radius 2 is 2.00 bits per heavy atom. The van der Waals surface area contributed by atoms with E-state index in [2.05, 4.69) is 10.1 Å². The number of halogens is 1. The van der Waals surface area contributed by atoms with Crippen molar-refractivity contribution in [2.45, 2.75) is 0 Å². The highest BCUT2D eigenvalue weighted by Gasteiger charge is 2.09. The van der Waals surface area contributed by atoms with Crippen molar-refractivity contribution in [1.82, 2.24) is 14.6 Å². The average molecular weight is 245 g/mol. The molecule has 17 heavy (non-hydrogen) atoms. The molecular weight excluding hydrogens is 236 g/mol.